The fraction of sp³-hybridized carbons (Fsp3) is 0.375. The number of hydrogen-bond acceptors (Lipinski definition) is 4. The number of benzene rings is 2. The summed E-state index contributed by atoms with van der Waals surface area (Å²) < 4.78 is 5.12. The van der Waals surface area contributed by atoms with Crippen LogP contribution in [-0.2, 0) is 16.1 Å². The lowest BCUT2D eigenvalue weighted by Crippen LogP contribution is -3.13. The summed E-state index contributed by atoms with van der Waals surface area (Å²) in [5.74, 6) is -0.504. The zero-order chi connectivity index (χ0) is 22.1. The van der Waals surface area contributed by atoms with Crippen LogP contribution in [0.3, 0.4) is 0 Å². The molecule has 31 heavy (non-hydrogen) atoms. The number of nitrogens with one attached hydrogen (secondary N) is 1. The Balaban J connectivity index is 1.50. The first-order chi connectivity index (χ1) is 14.9. The van der Waals surface area contributed by atoms with E-state index in [4.69, 9.17) is 4.74 Å². The second-order valence-corrected chi connectivity index (χ2v) is 8.52. The average Bonchev–Trinajstić information content (AvgIpc) is 3.59. The number of amides is 4. The Hall–Kier alpha value is -3.19. The Morgan fingerprint density at radius 1 is 0.968 bits per heavy atom. The van der Waals surface area contributed by atoms with E-state index in [0.717, 1.165) is 33.1 Å². The molecule has 7 nitrogen and oxygen atoms in total. The maximum absolute atomic E-state index is 13.0. The number of ether oxygens (including phenoxy) is 1. The highest BCUT2D eigenvalue weighted by Crippen LogP contribution is 2.25. The quantitative estimate of drug-likeness (QED) is 0.524. The predicted molar refractivity (Wildman–Crippen MR) is 116 cm³/mol. The molecule has 1 atom stereocenters. The molecule has 1 aliphatic carbocycles. The number of anilines is 1. The van der Waals surface area contributed by atoms with E-state index >= 15 is 0 Å². The highest BCUT2D eigenvalue weighted by molar-refractivity contribution is 6.52. The maximum atomic E-state index is 13.0. The molecule has 4 rings (SSSR count). The van der Waals surface area contributed by atoms with Crippen LogP contribution in [0, 0.1) is 0 Å². The van der Waals surface area contributed by atoms with E-state index in [-0.39, 0.29) is 6.67 Å². The minimum atomic E-state index is -0.813. The second kappa shape index (κ2) is 8.51. The molecule has 2 aromatic carbocycles. The summed E-state index contributed by atoms with van der Waals surface area (Å²) in [5, 5.41) is 0. The normalized spacial score (nSPS) is 17.6. The van der Waals surface area contributed by atoms with E-state index in [2.05, 4.69) is 38.1 Å². The van der Waals surface area contributed by atoms with Gasteiger partial charge in [-0.3, -0.25) is 9.59 Å². The van der Waals surface area contributed by atoms with E-state index < -0.39 is 17.8 Å². The van der Waals surface area contributed by atoms with Crippen molar-refractivity contribution in [2.24, 2.45) is 0 Å². The summed E-state index contributed by atoms with van der Waals surface area (Å²) in [6, 6.07) is 14.8. The van der Waals surface area contributed by atoms with Gasteiger partial charge in [0.1, 0.15) is 12.3 Å². The van der Waals surface area contributed by atoms with Gasteiger partial charge in [0.2, 0.25) is 0 Å². The van der Waals surface area contributed by atoms with Crippen molar-refractivity contribution in [3.8, 4) is 5.75 Å². The van der Waals surface area contributed by atoms with Crippen LogP contribution in [0.4, 0.5) is 10.5 Å². The third kappa shape index (κ3) is 4.32. The van der Waals surface area contributed by atoms with Crippen molar-refractivity contribution in [3.63, 3.8) is 0 Å². The lowest BCUT2D eigenvalue weighted by atomic mass is 10.0. The predicted octanol–water partition coefficient (Wildman–Crippen LogP) is 2.32. The molecule has 2 aliphatic rings. The molecule has 4 amide bonds. The Kier molecular flexibility index (Phi) is 5.78. The second-order valence-electron chi connectivity index (χ2n) is 8.52. The highest BCUT2D eigenvalue weighted by atomic mass is 16.5. The van der Waals surface area contributed by atoms with E-state index in [1.165, 1.54) is 12.7 Å². The summed E-state index contributed by atoms with van der Waals surface area (Å²) >= 11 is 0. The summed E-state index contributed by atoms with van der Waals surface area (Å²) in [6.07, 6.45) is 2.12. The zero-order valence-corrected chi connectivity index (χ0v) is 18.1. The third-order valence-corrected chi connectivity index (χ3v) is 5.98. The van der Waals surface area contributed by atoms with Crippen LogP contribution in [0.25, 0.3) is 0 Å². The van der Waals surface area contributed by atoms with Gasteiger partial charge in [0, 0.05) is 18.4 Å². The zero-order valence-electron chi connectivity index (χ0n) is 18.1. The van der Waals surface area contributed by atoms with Gasteiger partial charge in [-0.05, 0) is 35.7 Å². The van der Waals surface area contributed by atoms with Gasteiger partial charge in [-0.1, -0.05) is 38.1 Å². The molecule has 7 heteroatoms. The summed E-state index contributed by atoms with van der Waals surface area (Å²) in [6.45, 7) is 5.21. The Bertz CT molecular complexity index is 981. The number of carbonyl (C=O) groups is 3. The molecular weight excluding hydrogens is 394 g/mol. The lowest BCUT2D eigenvalue weighted by molar-refractivity contribution is -0.931. The number of urea groups is 1. The average molecular weight is 423 g/mol. The van der Waals surface area contributed by atoms with Crippen molar-refractivity contribution in [2.45, 2.75) is 45.2 Å². The van der Waals surface area contributed by atoms with Crippen LogP contribution >= 0.6 is 0 Å². The number of methoxy groups -OCH3 is 1. The topological polar surface area (TPSA) is 71.4 Å². The highest BCUT2D eigenvalue weighted by Gasteiger charge is 2.48. The lowest BCUT2D eigenvalue weighted by Gasteiger charge is -2.24. The van der Waals surface area contributed by atoms with Crippen LogP contribution in [0.1, 0.15) is 43.7 Å². The van der Waals surface area contributed by atoms with Crippen LogP contribution in [0.15, 0.2) is 48.5 Å². The number of rotatable bonds is 8. The summed E-state index contributed by atoms with van der Waals surface area (Å²) in [4.78, 5) is 41.4. The number of carbonyl (C=O) groups excluding carboxylic acids is 3. The molecule has 1 saturated carbocycles. The van der Waals surface area contributed by atoms with Gasteiger partial charge in [0.15, 0.2) is 6.67 Å². The molecule has 0 spiro atoms. The first kappa shape index (κ1) is 21.1. The molecule has 1 aliphatic heterocycles. The SMILES string of the molecule is COc1ccc(N2C(=O)C(=O)N(C[NH+](Cc3ccc(C(C)C)cc3)C3CC3)C2=O)cc1. The van der Waals surface area contributed by atoms with Gasteiger partial charge < -0.3 is 9.64 Å². The van der Waals surface area contributed by atoms with E-state index in [0.29, 0.717) is 29.9 Å². The van der Waals surface area contributed by atoms with Gasteiger partial charge in [-0.2, -0.15) is 0 Å². The molecule has 1 N–H and O–H groups in total. The van der Waals surface area contributed by atoms with Crippen molar-refractivity contribution in [1.82, 2.24) is 4.90 Å². The van der Waals surface area contributed by atoms with Crippen LogP contribution in [0.2, 0.25) is 0 Å². The number of imide groups is 2. The van der Waals surface area contributed by atoms with Gasteiger partial charge in [0.25, 0.3) is 0 Å². The maximum Gasteiger partial charge on any atom is 0.343 e. The number of hydrogen-bond donors (Lipinski definition) is 1. The molecule has 162 valence electrons. The first-order valence-electron chi connectivity index (χ1n) is 10.7. The molecule has 1 heterocycles. The van der Waals surface area contributed by atoms with Crippen LogP contribution in [0.5, 0.6) is 5.75 Å². The van der Waals surface area contributed by atoms with Gasteiger partial charge in [0.05, 0.1) is 18.8 Å². The number of nitrogens with zero attached hydrogens (tertiary/aromatic N) is 2. The molecule has 0 radical (unpaired) electrons. The largest absolute Gasteiger partial charge is 0.497 e. The van der Waals surface area contributed by atoms with Gasteiger partial charge >= 0.3 is 17.8 Å². The smallest absolute Gasteiger partial charge is 0.343 e. The third-order valence-electron chi connectivity index (χ3n) is 5.98. The number of quaternary nitrogens is 1. The molecule has 1 unspecified atom stereocenters. The monoisotopic (exact) mass is 422 g/mol. The standard InChI is InChI=1S/C24H27N3O4/c1-16(2)18-6-4-17(5-7-18)14-25(19-8-9-19)15-26-22(28)23(29)27(24(26)30)20-10-12-21(31-3)13-11-20/h4-7,10-13,16,19H,8-9,14-15H2,1-3H3/p+1. The van der Waals surface area contributed by atoms with E-state index in [1.54, 1.807) is 24.3 Å². The molecule has 2 fully saturated rings. The minimum Gasteiger partial charge on any atom is -0.497 e. The van der Waals surface area contributed by atoms with E-state index in [1.807, 2.05) is 0 Å². The minimum absolute atomic E-state index is 0.187. The molecule has 0 bridgehead atoms. The van der Waals surface area contributed by atoms with Crippen LogP contribution in [-0.4, -0.2) is 42.6 Å². The van der Waals surface area contributed by atoms with Crippen LogP contribution < -0.4 is 14.5 Å². The van der Waals surface area contributed by atoms with Crippen molar-refractivity contribution in [3.05, 3.63) is 59.7 Å². The molecular formula is C24H28N3O4+. The Labute approximate surface area is 182 Å². The molecule has 0 aromatic heterocycles. The van der Waals surface area contributed by atoms with Crippen molar-refractivity contribution < 1.29 is 24.0 Å². The van der Waals surface area contributed by atoms with Gasteiger partial charge in [-0.25, -0.2) is 14.6 Å². The van der Waals surface area contributed by atoms with E-state index in [9.17, 15) is 14.4 Å². The Morgan fingerprint density at radius 3 is 2.16 bits per heavy atom. The Morgan fingerprint density at radius 2 is 1.61 bits per heavy atom. The molecule has 1 saturated heterocycles. The summed E-state index contributed by atoms with van der Waals surface area (Å²) in [5.41, 5.74) is 2.80. The molecule has 2 aromatic rings. The van der Waals surface area contributed by atoms with Crippen molar-refractivity contribution in [2.75, 3.05) is 18.7 Å². The van der Waals surface area contributed by atoms with Crippen molar-refractivity contribution in [1.29, 1.82) is 0 Å². The fourth-order valence-electron chi connectivity index (χ4n) is 3.91. The summed E-state index contributed by atoms with van der Waals surface area (Å²) in [7, 11) is 1.54. The fourth-order valence-corrected chi connectivity index (χ4v) is 3.91. The van der Waals surface area contributed by atoms with Crippen molar-refractivity contribution >= 4 is 23.5 Å². The van der Waals surface area contributed by atoms with Gasteiger partial charge in [-0.15, -0.1) is 0 Å². The first-order valence-corrected chi connectivity index (χ1v) is 10.7.